The van der Waals surface area contributed by atoms with Gasteiger partial charge in [0, 0.05) is 57.2 Å². The maximum absolute atomic E-state index is 11.4. The maximum Gasteiger partial charge on any atom is 0.357 e. The third kappa shape index (κ3) is 9.11. The van der Waals surface area contributed by atoms with Crippen LogP contribution in [-0.2, 0) is 27.6 Å². The van der Waals surface area contributed by atoms with E-state index >= 15 is 0 Å². The molecule has 12 nitrogen and oxygen atoms in total. The van der Waals surface area contributed by atoms with Crippen molar-refractivity contribution in [3.05, 3.63) is 122 Å². The number of ether oxygens (including phenoxy) is 1. The first-order valence-corrected chi connectivity index (χ1v) is 19.2. The van der Waals surface area contributed by atoms with Gasteiger partial charge >= 0.3 is 11.9 Å². The van der Waals surface area contributed by atoms with Crippen molar-refractivity contribution in [3.8, 4) is 5.13 Å². The number of nitrogens with zero attached hydrogens (tertiary/aromatic N) is 5. The highest BCUT2D eigenvalue weighted by Gasteiger charge is 2.16. The zero-order valence-corrected chi connectivity index (χ0v) is 31.1. The Morgan fingerprint density at radius 3 is 2.35 bits per heavy atom. The van der Waals surface area contributed by atoms with Crippen LogP contribution in [0.4, 0.5) is 0 Å². The summed E-state index contributed by atoms with van der Waals surface area (Å²) in [6.45, 7) is 2.15. The quantitative estimate of drug-likeness (QED) is 0.161. The normalized spacial score (nSPS) is 11.9. The lowest BCUT2D eigenvalue weighted by atomic mass is 10.1. The number of carboxylic acid groups (broad SMARTS) is 1. The van der Waals surface area contributed by atoms with Crippen molar-refractivity contribution in [2.45, 2.75) is 24.7 Å². The fraction of sp³-hybridized carbons (Fsp3) is 0.125. The first-order valence-electron chi connectivity index (χ1n) is 14.3. The van der Waals surface area contributed by atoms with E-state index in [4.69, 9.17) is 15.0 Å². The van der Waals surface area contributed by atoms with Crippen molar-refractivity contribution in [2.24, 2.45) is 5.14 Å². The minimum absolute atomic E-state index is 0.00367. The minimum Gasteiger partial charge on any atom is -0.476 e. The lowest BCUT2D eigenvalue weighted by Gasteiger charge is -2.02. The highest BCUT2D eigenvalue weighted by molar-refractivity contribution is 9.15. The number of rotatable bonds is 7. The van der Waals surface area contributed by atoms with Crippen LogP contribution in [0.2, 0.25) is 0 Å². The summed E-state index contributed by atoms with van der Waals surface area (Å²) >= 11 is 9.21. The Labute approximate surface area is 305 Å². The van der Waals surface area contributed by atoms with Crippen molar-refractivity contribution >= 4 is 91.9 Å². The molecule has 5 aromatic heterocycles. The second-order valence-electron chi connectivity index (χ2n) is 10.1. The summed E-state index contributed by atoms with van der Waals surface area (Å²) < 4.78 is 31.2. The van der Waals surface area contributed by atoms with Crippen LogP contribution in [-0.4, -0.2) is 56.6 Å². The number of hydrogen-bond acceptors (Lipinski definition) is 11. The number of sulfonamides is 1. The van der Waals surface area contributed by atoms with Gasteiger partial charge in [-0.1, -0.05) is 34.1 Å². The number of pyridine rings is 2. The molecule has 0 spiro atoms. The third-order valence-electron chi connectivity index (χ3n) is 6.88. The molecule has 252 valence electrons. The summed E-state index contributed by atoms with van der Waals surface area (Å²) in [4.78, 5) is 38.4. The fourth-order valence-corrected chi connectivity index (χ4v) is 7.41. The highest BCUT2D eigenvalue weighted by Crippen LogP contribution is 2.30. The van der Waals surface area contributed by atoms with Crippen LogP contribution < -0.4 is 5.14 Å². The molecule has 1 aromatic carbocycles. The number of carbonyl (C=O) groups excluding carboxylic acids is 1. The SMILES string of the molecule is BrC1=CCc2ccncc21.CCOC(=O)c1csc(Br)n1.NS(=O)(=O)c1ccc(Cc2cn(-c3nc(C(=O)O)cs3)c3ccncc23)cc1. The molecule has 0 fully saturated rings. The zero-order valence-electron chi connectivity index (χ0n) is 25.5. The summed E-state index contributed by atoms with van der Waals surface area (Å²) in [5, 5.41) is 18.9. The Bertz CT molecular complexity index is 2270. The Morgan fingerprint density at radius 2 is 1.71 bits per heavy atom. The van der Waals surface area contributed by atoms with Gasteiger partial charge in [-0.2, -0.15) is 0 Å². The average Bonchev–Trinajstić information content (AvgIpc) is 3.89. The second kappa shape index (κ2) is 16.1. The number of halogens is 2. The Balaban J connectivity index is 0.000000181. The lowest BCUT2D eigenvalue weighted by Crippen LogP contribution is -2.11. The largest absolute Gasteiger partial charge is 0.476 e. The van der Waals surface area contributed by atoms with Gasteiger partial charge < -0.3 is 9.84 Å². The van der Waals surface area contributed by atoms with E-state index < -0.39 is 16.0 Å². The van der Waals surface area contributed by atoms with E-state index in [1.807, 2.05) is 29.2 Å². The Morgan fingerprint density at radius 1 is 1.00 bits per heavy atom. The number of aromatic carboxylic acids is 1. The van der Waals surface area contributed by atoms with Crippen molar-refractivity contribution < 1.29 is 27.9 Å². The molecular formula is C32H26Br2N6O6S3. The second-order valence-corrected chi connectivity index (χ2v) is 15.5. The summed E-state index contributed by atoms with van der Waals surface area (Å²) in [5.74, 6) is -1.44. The Hall–Kier alpha value is -4.13. The van der Waals surface area contributed by atoms with Crippen LogP contribution in [0, 0.1) is 0 Å². The topological polar surface area (TPSA) is 180 Å². The molecule has 0 atom stereocenters. The molecule has 0 saturated heterocycles. The number of nitrogens with two attached hydrogens (primary N) is 1. The van der Waals surface area contributed by atoms with E-state index in [9.17, 15) is 18.0 Å². The first kappa shape index (κ1) is 36.2. The number of primary sulfonamides is 1. The van der Waals surface area contributed by atoms with E-state index in [1.165, 1.54) is 55.8 Å². The predicted octanol–water partition coefficient (Wildman–Crippen LogP) is 6.87. The highest BCUT2D eigenvalue weighted by atomic mass is 79.9. The first-order chi connectivity index (χ1) is 23.4. The number of allylic oxidation sites excluding steroid dienone is 1. The van der Waals surface area contributed by atoms with Gasteiger partial charge in [-0.05, 0) is 76.7 Å². The molecule has 0 saturated carbocycles. The molecule has 5 heterocycles. The molecule has 0 aliphatic heterocycles. The van der Waals surface area contributed by atoms with Crippen molar-refractivity contribution in [2.75, 3.05) is 6.61 Å². The number of esters is 1. The van der Waals surface area contributed by atoms with E-state index in [0.717, 1.165) is 28.5 Å². The molecule has 49 heavy (non-hydrogen) atoms. The fourth-order valence-electron chi connectivity index (χ4n) is 4.61. The molecule has 0 unspecified atom stereocenters. The number of thiazole rings is 2. The zero-order chi connectivity index (χ0) is 35.1. The van der Waals surface area contributed by atoms with Crippen LogP contribution in [0.3, 0.4) is 0 Å². The van der Waals surface area contributed by atoms with Gasteiger partial charge in [0.25, 0.3) is 0 Å². The lowest BCUT2D eigenvalue weighted by molar-refractivity contribution is 0.0519. The Kier molecular flexibility index (Phi) is 11.8. The van der Waals surface area contributed by atoms with Gasteiger partial charge in [0.1, 0.15) is 0 Å². The number of carbonyl (C=O) groups is 2. The smallest absolute Gasteiger partial charge is 0.357 e. The molecule has 0 amide bonds. The van der Waals surface area contributed by atoms with E-state index in [2.05, 4.69) is 63.9 Å². The van der Waals surface area contributed by atoms with Crippen LogP contribution in [0.5, 0.6) is 0 Å². The van der Waals surface area contributed by atoms with Gasteiger partial charge in [-0.15, -0.1) is 22.7 Å². The molecule has 0 radical (unpaired) electrons. The molecular weight excluding hydrogens is 820 g/mol. The van der Waals surface area contributed by atoms with Crippen LogP contribution >= 0.6 is 54.5 Å². The molecule has 1 aliphatic rings. The van der Waals surface area contributed by atoms with Gasteiger partial charge in [-0.3, -0.25) is 14.5 Å². The maximum atomic E-state index is 11.4. The summed E-state index contributed by atoms with van der Waals surface area (Å²) in [7, 11) is -3.73. The van der Waals surface area contributed by atoms with Gasteiger partial charge in [0.15, 0.2) is 20.4 Å². The number of benzene rings is 1. The van der Waals surface area contributed by atoms with Crippen LogP contribution in [0.25, 0.3) is 20.5 Å². The van der Waals surface area contributed by atoms with E-state index in [1.54, 1.807) is 36.8 Å². The molecule has 1 aliphatic carbocycles. The predicted molar refractivity (Wildman–Crippen MR) is 195 cm³/mol. The summed E-state index contributed by atoms with van der Waals surface area (Å²) in [6, 6.07) is 10.3. The monoisotopic (exact) mass is 844 g/mol. The summed E-state index contributed by atoms with van der Waals surface area (Å²) in [6.07, 6.45) is 12.8. The van der Waals surface area contributed by atoms with Gasteiger partial charge in [-0.25, -0.2) is 33.1 Å². The molecule has 0 bridgehead atoms. The van der Waals surface area contributed by atoms with Crippen LogP contribution in [0.1, 0.15) is 50.2 Å². The number of carboxylic acids is 1. The van der Waals surface area contributed by atoms with E-state index in [-0.39, 0.29) is 16.6 Å². The van der Waals surface area contributed by atoms with E-state index in [0.29, 0.717) is 27.8 Å². The van der Waals surface area contributed by atoms with Gasteiger partial charge in [0.2, 0.25) is 10.0 Å². The van der Waals surface area contributed by atoms with Gasteiger partial charge in [0.05, 0.1) is 17.0 Å². The van der Waals surface area contributed by atoms with Crippen molar-refractivity contribution in [1.82, 2.24) is 24.5 Å². The minimum atomic E-state index is -3.73. The molecule has 17 heteroatoms. The average molecular weight is 847 g/mol. The van der Waals surface area contributed by atoms with Crippen molar-refractivity contribution in [3.63, 3.8) is 0 Å². The number of fused-ring (bicyclic) bond motifs is 2. The number of hydrogen-bond donors (Lipinski definition) is 2. The molecule has 7 rings (SSSR count). The van der Waals surface area contributed by atoms with Crippen LogP contribution in [0.15, 0.2) is 93.0 Å². The standard InChI is InChI=1S/C18H14N4O4S2.C8H6BrN.C6H6BrNO2S/c19-28(25,26)13-3-1-11(2-4-13)7-12-9-22(16-5-6-20-8-14(12)16)18-21-15(10-27-18)17(23)24;9-8-2-1-6-3-4-10-5-7(6)8;1-2-10-5(9)4-3-11-6(7)8-4/h1-6,8-10H,7H2,(H,23,24)(H2,19,25,26);2-5H,1H2;3H,2H2,1H3. The van der Waals surface area contributed by atoms with Crippen molar-refractivity contribution in [1.29, 1.82) is 0 Å². The molecule has 3 N–H and O–H groups in total. The third-order valence-corrected chi connectivity index (χ3v) is 10.8. The molecule has 6 aromatic rings. The number of aromatic nitrogens is 5. The summed E-state index contributed by atoms with van der Waals surface area (Å²) in [5.41, 5.74) is 5.68.